The number of ether oxygens (including phenoxy) is 2. The Morgan fingerprint density at radius 1 is 1.08 bits per heavy atom. The first-order valence-electron chi connectivity index (χ1n) is 13.0. The Labute approximate surface area is 226 Å². The summed E-state index contributed by atoms with van der Waals surface area (Å²) in [5.41, 5.74) is 1.83. The number of carbonyl (C=O) groups is 1. The fourth-order valence-electron chi connectivity index (χ4n) is 4.61. The molecule has 0 saturated carbocycles. The smallest absolute Gasteiger partial charge is 0.272 e. The fourth-order valence-corrected chi connectivity index (χ4v) is 4.78. The molecular formula is C26H33ClN8O3. The van der Waals surface area contributed by atoms with Crippen LogP contribution in [0.3, 0.4) is 0 Å². The maximum Gasteiger partial charge on any atom is 0.272 e. The van der Waals surface area contributed by atoms with E-state index in [4.69, 9.17) is 26.1 Å². The van der Waals surface area contributed by atoms with Crippen molar-refractivity contribution in [3.8, 4) is 5.82 Å². The van der Waals surface area contributed by atoms with Crippen LogP contribution in [0.4, 0.5) is 5.95 Å². The van der Waals surface area contributed by atoms with Crippen LogP contribution in [0.2, 0.25) is 5.15 Å². The summed E-state index contributed by atoms with van der Waals surface area (Å²) in [7, 11) is 0. The topological polar surface area (TPSA) is 128 Å². The van der Waals surface area contributed by atoms with E-state index in [1.54, 1.807) is 29.4 Å². The first-order chi connectivity index (χ1) is 18.5. The van der Waals surface area contributed by atoms with Gasteiger partial charge in [0.05, 0.1) is 11.7 Å². The van der Waals surface area contributed by atoms with E-state index in [0.29, 0.717) is 35.2 Å². The van der Waals surface area contributed by atoms with Gasteiger partial charge in [0.2, 0.25) is 5.95 Å². The third-order valence-electron chi connectivity index (χ3n) is 6.79. The summed E-state index contributed by atoms with van der Waals surface area (Å²) in [6, 6.07) is 5.62. The largest absolute Gasteiger partial charge is 0.381 e. The number of pyridine rings is 1. The van der Waals surface area contributed by atoms with Gasteiger partial charge >= 0.3 is 0 Å². The minimum Gasteiger partial charge on any atom is -0.381 e. The van der Waals surface area contributed by atoms with Crippen LogP contribution in [-0.2, 0) is 9.47 Å². The molecule has 1 atom stereocenters. The number of aryl methyl sites for hydroxylation is 1. The van der Waals surface area contributed by atoms with Crippen molar-refractivity contribution in [1.29, 1.82) is 0 Å². The zero-order valence-corrected chi connectivity index (χ0v) is 22.2. The Hall–Kier alpha value is -3.12. The zero-order valence-electron chi connectivity index (χ0n) is 21.4. The van der Waals surface area contributed by atoms with Crippen molar-refractivity contribution in [2.45, 2.75) is 50.7 Å². The van der Waals surface area contributed by atoms with E-state index in [1.165, 1.54) is 0 Å². The van der Waals surface area contributed by atoms with Crippen LogP contribution in [0.1, 0.15) is 53.5 Å². The SMILES string of the molecule is Cc1cnc(NC2CCOCC2)nc1-n1cnc(C(=O)N[C@H](CNC2CCOCC2)c2cccc(Cl)n2)c1. The van der Waals surface area contributed by atoms with Gasteiger partial charge < -0.3 is 25.4 Å². The molecule has 2 aliphatic heterocycles. The van der Waals surface area contributed by atoms with Crippen molar-refractivity contribution in [3.05, 3.63) is 59.0 Å². The number of nitrogens with zero attached hydrogens (tertiary/aromatic N) is 5. The fraction of sp³-hybridized carbons (Fsp3) is 0.500. The second-order valence-corrected chi connectivity index (χ2v) is 9.99. The van der Waals surface area contributed by atoms with Gasteiger partial charge in [-0.25, -0.2) is 15.0 Å². The quantitative estimate of drug-likeness (QED) is 0.351. The van der Waals surface area contributed by atoms with Crippen molar-refractivity contribution >= 4 is 23.5 Å². The lowest BCUT2D eigenvalue weighted by Crippen LogP contribution is -2.42. The van der Waals surface area contributed by atoms with E-state index < -0.39 is 0 Å². The Morgan fingerprint density at radius 2 is 1.82 bits per heavy atom. The van der Waals surface area contributed by atoms with Crippen molar-refractivity contribution in [1.82, 2.24) is 35.1 Å². The van der Waals surface area contributed by atoms with Crippen molar-refractivity contribution < 1.29 is 14.3 Å². The van der Waals surface area contributed by atoms with Gasteiger partial charge in [-0.15, -0.1) is 0 Å². The van der Waals surface area contributed by atoms with Gasteiger partial charge in [0.1, 0.15) is 23.0 Å². The highest BCUT2D eigenvalue weighted by Gasteiger charge is 2.22. The zero-order chi connectivity index (χ0) is 26.3. The normalized spacial score (nSPS) is 17.7. The van der Waals surface area contributed by atoms with Crippen LogP contribution in [0, 0.1) is 6.92 Å². The number of nitrogens with one attached hydrogen (secondary N) is 3. The molecule has 38 heavy (non-hydrogen) atoms. The molecule has 1 amide bonds. The number of carbonyl (C=O) groups excluding carboxylic acids is 1. The molecular weight excluding hydrogens is 508 g/mol. The molecule has 0 aliphatic carbocycles. The molecule has 0 unspecified atom stereocenters. The molecule has 11 nitrogen and oxygen atoms in total. The van der Waals surface area contributed by atoms with Gasteiger partial charge in [0, 0.05) is 63.0 Å². The molecule has 202 valence electrons. The third-order valence-corrected chi connectivity index (χ3v) is 7.00. The predicted octanol–water partition coefficient (Wildman–Crippen LogP) is 2.85. The van der Waals surface area contributed by atoms with E-state index in [9.17, 15) is 4.79 Å². The van der Waals surface area contributed by atoms with E-state index in [0.717, 1.165) is 57.7 Å². The van der Waals surface area contributed by atoms with E-state index >= 15 is 0 Å². The minimum atomic E-state index is -0.384. The van der Waals surface area contributed by atoms with Crippen molar-refractivity contribution in [3.63, 3.8) is 0 Å². The molecule has 5 heterocycles. The molecule has 0 spiro atoms. The summed E-state index contributed by atoms with van der Waals surface area (Å²) in [5.74, 6) is 0.899. The Morgan fingerprint density at radius 3 is 2.55 bits per heavy atom. The highest BCUT2D eigenvalue weighted by Crippen LogP contribution is 2.18. The summed E-state index contributed by atoms with van der Waals surface area (Å²) in [4.78, 5) is 31.2. The lowest BCUT2D eigenvalue weighted by Gasteiger charge is -2.26. The number of imidazole rings is 1. The van der Waals surface area contributed by atoms with Gasteiger partial charge in [-0.2, -0.15) is 4.98 Å². The summed E-state index contributed by atoms with van der Waals surface area (Å²) in [6.07, 6.45) is 8.72. The summed E-state index contributed by atoms with van der Waals surface area (Å²) < 4.78 is 12.6. The maximum absolute atomic E-state index is 13.3. The first-order valence-corrected chi connectivity index (χ1v) is 13.4. The second-order valence-electron chi connectivity index (χ2n) is 9.60. The average Bonchev–Trinajstić information content (AvgIpc) is 3.43. The third kappa shape index (κ3) is 6.84. The van der Waals surface area contributed by atoms with E-state index in [2.05, 4.69) is 30.9 Å². The molecule has 0 radical (unpaired) electrons. The standard InChI is InChI=1S/C26H33ClN8O3/c1-17-13-29-26(31-19-7-11-38-12-8-19)34-24(17)35-15-22(30-16-35)25(36)33-21(20-3-2-4-23(27)32-20)14-28-18-5-9-37-10-6-18/h2-4,13,15-16,18-19,21,28H,5-12,14H2,1H3,(H,33,36)(H,29,31,34)/t21-/m1/s1. The average molecular weight is 541 g/mol. The molecule has 3 N–H and O–H groups in total. The van der Waals surface area contributed by atoms with Crippen LogP contribution in [0.25, 0.3) is 5.82 Å². The van der Waals surface area contributed by atoms with Crippen LogP contribution in [0.5, 0.6) is 0 Å². The summed E-state index contributed by atoms with van der Waals surface area (Å²) in [6.45, 7) is 5.36. The Kier molecular flexibility index (Phi) is 8.79. The number of rotatable bonds is 9. The molecule has 3 aromatic heterocycles. The maximum atomic E-state index is 13.3. The van der Waals surface area contributed by atoms with Crippen LogP contribution >= 0.6 is 11.6 Å². The monoisotopic (exact) mass is 540 g/mol. The first kappa shape index (κ1) is 26.5. The number of halogens is 1. The highest BCUT2D eigenvalue weighted by molar-refractivity contribution is 6.29. The summed E-state index contributed by atoms with van der Waals surface area (Å²) in [5, 5.41) is 10.4. The van der Waals surface area contributed by atoms with Gasteiger partial charge in [0.15, 0.2) is 0 Å². The van der Waals surface area contributed by atoms with Gasteiger partial charge in [-0.05, 0) is 44.7 Å². The number of aromatic nitrogens is 5. The van der Waals surface area contributed by atoms with Crippen LogP contribution in [0.15, 0.2) is 36.9 Å². The Balaban J connectivity index is 1.29. The molecule has 2 fully saturated rings. The number of hydrogen-bond donors (Lipinski definition) is 3. The predicted molar refractivity (Wildman–Crippen MR) is 143 cm³/mol. The molecule has 0 aromatic carbocycles. The number of hydrogen-bond acceptors (Lipinski definition) is 9. The lowest BCUT2D eigenvalue weighted by molar-refractivity contribution is 0.0766. The highest BCUT2D eigenvalue weighted by atomic mass is 35.5. The Bertz CT molecular complexity index is 1230. The molecule has 0 bridgehead atoms. The molecule has 2 aliphatic rings. The van der Waals surface area contributed by atoms with Crippen molar-refractivity contribution in [2.75, 3.05) is 38.3 Å². The number of anilines is 1. The van der Waals surface area contributed by atoms with Gasteiger partial charge in [-0.1, -0.05) is 17.7 Å². The molecule has 2 saturated heterocycles. The summed E-state index contributed by atoms with van der Waals surface area (Å²) >= 11 is 6.15. The van der Waals surface area contributed by atoms with E-state index in [1.807, 2.05) is 19.1 Å². The van der Waals surface area contributed by atoms with Gasteiger partial charge in [-0.3, -0.25) is 9.36 Å². The number of amides is 1. The lowest BCUT2D eigenvalue weighted by atomic mass is 10.1. The minimum absolute atomic E-state index is 0.273. The molecule has 5 rings (SSSR count). The molecule has 12 heteroatoms. The van der Waals surface area contributed by atoms with Gasteiger partial charge in [0.25, 0.3) is 5.91 Å². The van der Waals surface area contributed by atoms with Crippen LogP contribution in [-0.4, -0.2) is 75.5 Å². The van der Waals surface area contributed by atoms with Crippen molar-refractivity contribution in [2.24, 2.45) is 0 Å². The molecule has 3 aromatic rings. The second kappa shape index (κ2) is 12.6. The van der Waals surface area contributed by atoms with E-state index in [-0.39, 0.29) is 23.7 Å². The van der Waals surface area contributed by atoms with Crippen LogP contribution < -0.4 is 16.0 Å².